The van der Waals surface area contributed by atoms with Crippen LogP contribution in [0, 0.1) is 8.80 Å². The number of thiophene rings is 1. The summed E-state index contributed by atoms with van der Waals surface area (Å²) < 4.78 is 1.20. The molecule has 0 spiro atoms. The number of carbonyl (C=O) groups excluding carboxylic acids is 1. The Kier molecular flexibility index (Phi) is 2.50. The molecule has 0 amide bonds. The maximum Gasteiger partial charge on any atom is 0.166 e. The largest absolute Gasteiger partial charge is 0.294 e. The summed E-state index contributed by atoms with van der Waals surface area (Å²) in [7, 11) is 0. The van der Waals surface area contributed by atoms with Crippen molar-refractivity contribution in [1.29, 1.82) is 0 Å². The van der Waals surface area contributed by atoms with Crippen LogP contribution in [0.15, 0.2) is 11.4 Å². The maximum atomic E-state index is 11.6. The van der Waals surface area contributed by atoms with Crippen LogP contribution in [0.25, 0.3) is 0 Å². The van der Waals surface area contributed by atoms with Crippen molar-refractivity contribution < 1.29 is 4.79 Å². The fourth-order valence-corrected chi connectivity index (χ4v) is 2.68. The van der Waals surface area contributed by atoms with Crippen molar-refractivity contribution in [2.24, 2.45) is 5.92 Å². The van der Waals surface area contributed by atoms with E-state index in [4.69, 9.17) is 0 Å². The maximum absolute atomic E-state index is 11.6. The fraction of sp³-hybridized carbons (Fsp3) is 0.444. The molecule has 1 nitrogen and oxygen atoms in total. The third-order valence-corrected chi connectivity index (χ3v) is 4.12. The molecule has 0 aliphatic heterocycles. The average Bonchev–Trinajstić information content (AvgIpc) is 2.31. The molecule has 64 valence electrons. The molecule has 1 fully saturated rings. The van der Waals surface area contributed by atoms with Gasteiger partial charge in [-0.3, -0.25) is 4.79 Å². The lowest BCUT2D eigenvalue weighted by Gasteiger charge is -2.23. The molecule has 0 radical (unpaired) electrons. The number of rotatable bonds is 2. The molecule has 2 rings (SSSR count). The quantitative estimate of drug-likeness (QED) is 0.603. The summed E-state index contributed by atoms with van der Waals surface area (Å²) in [5, 5.41) is 1.97. The summed E-state index contributed by atoms with van der Waals surface area (Å²) in [6.45, 7) is 0. The van der Waals surface area contributed by atoms with Crippen molar-refractivity contribution in [3.05, 3.63) is 19.9 Å². The van der Waals surface area contributed by atoms with E-state index in [1.165, 1.54) is 9.30 Å². The third-order valence-electron chi connectivity index (χ3n) is 2.33. The van der Waals surface area contributed by atoms with Gasteiger partial charge < -0.3 is 0 Å². The highest BCUT2D eigenvalue weighted by molar-refractivity contribution is 14.1. The highest BCUT2D eigenvalue weighted by atomic mass is 127. The Hall–Kier alpha value is 0.1000. The molecular formula is C9H9IOS. The van der Waals surface area contributed by atoms with Gasteiger partial charge in [-0.1, -0.05) is 6.42 Å². The standard InChI is InChI=1S/C9H9IOS/c10-8-4-7(5-12-8)9(11)6-2-1-3-6/h4-6H,1-3H2. The van der Waals surface area contributed by atoms with Gasteiger partial charge in [-0.25, -0.2) is 0 Å². The molecule has 1 heterocycles. The molecule has 1 aromatic rings. The van der Waals surface area contributed by atoms with E-state index in [1.54, 1.807) is 11.3 Å². The van der Waals surface area contributed by atoms with E-state index >= 15 is 0 Å². The molecule has 0 N–H and O–H groups in total. The Balaban J connectivity index is 2.13. The minimum Gasteiger partial charge on any atom is -0.294 e. The average molecular weight is 292 g/mol. The van der Waals surface area contributed by atoms with Gasteiger partial charge in [-0.2, -0.15) is 0 Å². The number of Topliss-reactive ketones (excluding diaryl/α,β-unsaturated/α-hetero) is 1. The zero-order valence-electron chi connectivity index (χ0n) is 6.55. The Morgan fingerprint density at radius 1 is 1.58 bits per heavy atom. The van der Waals surface area contributed by atoms with Crippen molar-refractivity contribution >= 4 is 39.7 Å². The van der Waals surface area contributed by atoms with Crippen LogP contribution in [-0.4, -0.2) is 5.78 Å². The Labute approximate surface area is 89.3 Å². The molecule has 0 bridgehead atoms. The predicted octanol–water partition coefficient (Wildman–Crippen LogP) is 3.34. The van der Waals surface area contributed by atoms with E-state index in [0.29, 0.717) is 11.7 Å². The number of carbonyl (C=O) groups is 1. The van der Waals surface area contributed by atoms with Crippen LogP contribution in [0.4, 0.5) is 0 Å². The first kappa shape index (κ1) is 8.69. The lowest BCUT2D eigenvalue weighted by atomic mass is 9.80. The monoisotopic (exact) mass is 292 g/mol. The SMILES string of the molecule is O=C(c1csc(I)c1)C1CCC1. The van der Waals surface area contributed by atoms with Crippen LogP contribution >= 0.6 is 33.9 Å². The number of hydrogen-bond donors (Lipinski definition) is 0. The van der Waals surface area contributed by atoms with Gasteiger partial charge in [0.05, 0.1) is 2.88 Å². The second-order valence-electron chi connectivity index (χ2n) is 3.13. The molecule has 0 aromatic carbocycles. The first-order chi connectivity index (χ1) is 5.77. The Bertz CT molecular complexity index is 301. The number of ketones is 1. The predicted molar refractivity (Wildman–Crippen MR) is 58.7 cm³/mol. The Morgan fingerprint density at radius 3 is 2.75 bits per heavy atom. The summed E-state index contributed by atoms with van der Waals surface area (Å²) in [6, 6.07) is 1.99. The second-order valence-corrected chi connectivity index (χ2v) is 5.94. The van der Waals surface area contributed by atoms with Crippen molar-refractivity contribution in [3.63, 3.8) is 0 Å². The number of halogens is 1. The summed E-state index contributed by atoms with van der Waals surface area (Å²) >= 11 is 3.90. The molecule has 0 atom stereocenters. The molecule has 1 aliphatic rings. The molecule has 0 saturated heterocycles. The van der Waals surface area contributed by atoms with E-state index in [-0.39, 0.29) is 0 Å². The van der Waals surface area contributed by atoms with Gasteiger partial charge in [0, 0.05) is 16.9 Å². The van der Waals surface area contributed by atoms with Crippen molar-refractivity contribution in [2.45, 2.75) is 19.3 Å². The van der Waals surface area contributed by atoms with Crippen molar-refractivity contribution in [3.8, 4) is 0 Å². The van der Waals surface area contributed by atoms with Crippen LogP contribution in [0.1, 0.15) is 29.6 Å². The lowest BCUT2D eigenvalue weighted by Crippen LogP contribution is -2.21. The topological polar surface area (TPSA) is 17.1 Å². The molecular weight excluding hydrogens is 283 g/mol. The summed E-state index contributed by atoms with van der Waals surface area (Å²) in [5.74, 6) is 0.704. The van der Waals surface area contributed by atoms with Crippen LogP contribution < -0.4 is 0 Å². The van der Waals surface area contributed by atoms with Crippen LogP contribution in [0.3, 0.4) is 0 Å². The minimum absolute atomic E-state index is 0.343. The minimum atomic E-state index is 0.343. The number of hydrogen-bond acceptors (Lipinski definition) is 2. The van der Waals surface area contributed by atoms with Gasteiger partial charge in [-0.05, 0) is 41.5 Å². The van der Waals surface area contributed by atoms with Gasteiger partial charge in [0.1, 0.15) is 0 Å². The summed E-state index contributed by atoms with van der Waals surface area (Å²) in [6.07, 6.45) is 3.44. The van der Waals surface area contributed by atoms with Gasteiger partial charge in [-0.15, -0.1) is 11.3 Å². The van der Waals surface area contributed by atoms with Crippen molar-refractivity contribution in [1.82, 2.24) is 0 Å². The molecule has 0 unspecified atom stereocenters. The van der Waals surface area contributed by atoms with E-state index in [9.17, 15) is 4.79 Å². The van der Waals surface area contributed by atoms with Crippen molar-refractivity contribution in [2.75, 3.05) is 0 Å². The zero-order valence-corrected chi connectivity index (χ0v) is 9.52. The zero-order chi connectivity index (χ0) is 8.55. The smallest absolute Gasteiger partial charge is 0.166 e. The normalized spacial score (nSPS) is 17.4. The van der Waals surface area contributed by atoms with E-state index in [1.807, 2.05) is 11.4 Å². The van der Waals surface area contributed by atoms with E-state index < -0.39 is 0 Å². The highest BCUT2D eigenvalue weighted by Crippen LogP contribution is 2.31. The lowest BCUT2D eigenvalue weighted by molar-refractivity contribution is 0.0855. The van der Waals surface area contributed by atoms with Gasteiger partial charge in [0.25, 0.3) is 0 Å². The molecule has 1 saturated carbocycles. The van der Waals surface area contributed by atoms with Gasteiger partial charge in [0.2, 0.25) is 0 Å². The summed E-state index contributed by atoms with van der Waals surface area (Å²) in [5.41, 5.74) is 0.925. The van der Waals surface area contributed by atoms with Crippen LogP contribution in [0.2, 0.25) is 0 Å². The van der Waals surface area contributed by atoms with Crippen LogP contribution in [0.5, 0.6) is 0 Å². The third kappa shape index (κ3) is 1.57. The van der Waals surface area contributed by atoms with Gasteiger partial charge in [0.15, 0.2) is 5.78 Å². The highest BCUT2D eigenvalue weighted by Gasteiger charge is 2.26. The molecule has 1 aromatic heterocycles. The summed E-state index contributed by atoms with van der Waals surface area (Å²) in [4.78, 5) is 11.6. The first-order valence-electron chi connectivity index (χ1n) is 4.05. The van der Waals surface area contributed by atoms with Gasteiger partial charge >= 0.3 is 0 Å². The molecule has 3 heteroatoms. The molecule has 12 heavy (non-hydrogen) atoms. The second kappa shape index (κ2) is 3.46. The van der Waals surface area contributed by atoms with E-state index in [2.05, 4.69) is 22.6 Å². The first-order valence-corrected chi connectivity index (χ1v) is 6.01. The van der Waals surface area contributed by atoms with Crippen LogP contribution in [-0.2, 0) is 0 Å². The molecule has 1 aliphatic carbocycles. The van der Waals surface area contributed by atoms with E-state index in [0.717, 1.165) is 18.4 Å². The Morgan fingerprint density at radius 2 is 2.33 bits per heavy atom. The fourth-order valence-electron chi connectivity index (χ4n) is 1.35.